The van der Waals surface area contributed by atoms with Crippen LogP contribution in [0, 0.1) is 0 Å². The van der Waals surface area contributed by atoms with E-state index in [1.807, 2.05) is 18.2 Å². The molecular formula is C16H20ClN5OS. The summed E-state index contributed by atoms with van der Waals surface area (Å²) < 4.78 is 0.745. The Balaban J connectivity index is 1.46. The summed E-state index contributed by atoms with van der Waals surface area (Å²) in [5, 5.41) is 3.11. The van der Waals surface area contributed by atoms with Crippen LogP contribution in [-0.4, -0.2) is 47.1 Å². The van der Waals surface area contributed by atoms with Gasteiger partial charge in [-0.2, -0.15) is 0 Å². The Hall–Kier alpha value is -1.86. The Labute approximate surface area is 150 Å². The van der Waals surface area contributed by atoms with Gasteiger partial charge in [0.05, 0.1) is 10.9 Å². The van der Waals surface area contributed by atoms with Crippen LogP contribution in [0.15, 0.2) is 30.6 Å². The van der Waals surface area contributed by atoms with Crippen molar-refractivity contribution in [2.75, 3.05) is 25.0 Å². The van der Waals surface area contributed by atoms with Crippen molar-refractivity contribution < 1.29 is 4.79 Å². The first kappa shape index (κ1) is 17.0. The molecule has 1 aliphatic heterocycles. The van der Waals surface area contributed by atoms with Crippen LogP contribution in [0.5, 0.6) is 0 Å². The summed E-state index contributed by atoms with van der Waals surface area (Å²) in [5.74, 6) is 0.758. The third kappa shape index (κ3) is 4.36. The molecule has 24 heavy (non-hydrogen) atoms. The number of anilines is 1. The predicted molar refractivity (Wildman–Crippen MR) is 96.6 cm³/mol. The molecule has 0 aliphatic carbocycles. The van der Waals surface area contributed by atoms with Crippen LogP contribution in [0.25, 0.3) is 0 Å². The summed E-state index contributed by atoms with van der Waals surface area (Å²) in [6, 6.07) is 5.76. The molecule has 1 saturated heterocycles. The van der Waals surface area contributed by atoms with E-state index in [0.29, 0.717) is 6.54 Å². The molecule has 1 fully saturated rings. The Morgan fingerprint density at radius 2 is 2.08 bits per heavy atom. The number of carbonyl (C=O) groups excluding carboxylic acids is 1. The molecule has 0 radical (unpaired) electrons. The number of urea groups is 1. The number of rotatable bonds is 4. The second-order valence-electron chi connectivity index (χ2n) is 5.82. The van der Waals surface area contributed by atoms with E-state index in [9.17, 15) is 4.79 Å². The highest BCUT2D eigenvalue weighted by Crippen LogP contribution is 2.22. The maximum absolute atomic E-state index is 12.3. The van der Waals surface area contributed by atoms with E-state index in [1.54, 1.807) is 24.3 Å². The molecule has 0 unspecified atom stereocenters. The first-order valence-electron chi connectivity index (χ1n) is 7.89. The molecule has 2 aromatic heterocycles. The van der Waals surface area contributed by atoms with Crippen molar-refractivity contribution in [3.8, 4) is 0 Å². The molecule has 8 heteroatoms. The van der Waals surface area contributed by atoms with Gasteiger partial charge in [0, 0.05) is 43.4 Å². The highest BCUT2D eigenvalue weighted by Gasteiger charge is 2.23. The molecule has 0 spiro atoms. The number of amides is 2. The number of carbonyl (C=O) groups is 1. The van der Waals surface area contributed by atoms with Crippen molar-refractivity contribution in [3.05, 3.63) is 39.8 Å². The molecule has 2 amide bonds. The second kappa shape index (κ2) is 7.81. The van der Waals surface area contributed by atoms with Gasteiger partial charge in [-0.05, 0) is 31.0 Å². The lowest BCUT2D eigenvalue weighted by Gasteiger charge is -2.33. The van der Waals surface area contributed by atoms with Crippen LogP contribution in [0.1, 0.15) is 17.7 Å². The van der Waals surface area contributed by atoms with Crippen molar-refractivity contribution in [2.24, 2.45) is 0 Å². The van der Waals surface area contributed by atoms with Gasteiger partial charge in [0.25, 0.3) is 0 Å². The molecule has 128 valence electrons. The van der Waals surface area contributed by atoms with Gasteiger partial charge >= 0.3 is 6.03 Å². The highest BCUT2D eigenvalue weighted by atomic mass is 35.5. The SMILES string of the molecule is CN(Cc1ccc(Cl)s1)C(=O)NC1CCN(c2ncccn2)CC1. The number of hydrogen-bond acceptors (Lipinski definition) is 5. The number of piperidine rings is 1. The van der Waals surface area contributed by atoms with E-state index in [-0.39, 0.29) is 12.1 Å². The molecule has 0 atom stereocenters. The van der Waals surface area contributed by atoms with E-state index < -0.39 is 0 Å². The molecule has 6 nitrogen and oxygen atoms in total. The van der Waals surface area contributed by atoms with Crippen molar-refractivity contribution in [2.45, 2.75) is 25.4 Å². The lowest BCUT2D eigenvalue weighted by molar-refractivity contribution is 0.200. The van der Waals surface area contributed by atoms with E-state index in [4.69, 9.17) is 11.6 Å². The zero-order valence-electron chi connectivity index (χ0n) is 13.5. The number of nitrogens with one attached hydrogen (secondary N) is 1. The topological polar surface area (TPSA) is 61.4 Å². The number of halogens is 1. The summed E-state index contributed by atoms with van der Waals surface area (Å²) in [5.41, 5.74) is 0. The van der Waals surface area contributed by atoms with Crippen LogP contribution in [0.3, 0.4) is 0 Å². The Bertz CT molecular complexity index is 672. The molecule has 1 N–H and O–H groups in total. The van der Waals surface area contributed by atoms with Gasteiger partial charge in [0.2, 0.25) is 5.95 Å². The molecule has 3 rings (SSSR count). The lowest BCUT2D eigenvalue weighted by Crippen LogP contribution is -2.48. The first-order chi connectivity index (χ1) is 11.6. The summed E-state index contributed by atoms with van der Waals surface area (Å²) in [7, 11) is 1.80. The molecule has 0 aromatic carbocycles. The molecule has 3 heterocycles. The zero-order chi connectivity index (χ0) is 16.9. The van der Waals surface area contributed by atoms with Crippen LogP contribution < -0.4 is 10.2 Å². The standard InChI is InChI=1S/C16H20ClN5OS/c1-21(11-13-3-4-14(17)24-13)16(23)20-12-5-9-22(10-6-12)15-18-7-2-8-19-15/h2-4,7-8,12H,5-6,9-11H2,1H3,(H,20,23). The molecule has 0 saturated carbocycles. The van der Waals surface area contributed by atoms with E-state index >= 15 is 0 Å². The first-order valence-corrected chi connectivity index (χ1v) is 9.09. The normalized spacial score (nSPS) is 15.3. The van der Waals surface area contributed by atoms with Crippen molar-refractivity contribution in [1.82, 2.24) is 20.2 Å². The van der Waals surface area contributed by atoms with Crippen LogP contribution >= 0.6 is 22.9 Å². The van der Waals surface area contributed by atoms with E-state index in [0.717, 1.165) is 41.1 Å². The van der Waals surface area contributed by atoms with Gasteiger partial charge in [-0.15, -0.1) is 11.3 Å². The average Bonchev–Trinajstić information content (AvgIpc) is 3.01. The molecule has 2 aromatic rings. The largest absolute Gasteiger partial charge is 0.341 e. The maximum Gasteiger partial charge on any atom is 0.317 e. The average molecular weight is 366 g/mol. The number of hydrogen-bond donors (Lipinski definition) is 1. The van der Waals surface area contributed by atoms with Crippen LogP contribution in [0.4, 0.5) is 10.7 Å². The third-order valence-electron chi connectivity index (χ3n) is 4.03. The summed E-state index contributed by atoms with van der Waals surface area (Å²) in [4.78, 5) is 25.8. The smallest absolute Gasteiger partial charge is 0.317 e. The fourth-order valence-electron chi connectivity index (χ4n) is 2.71. The minimum absolute atomic E-state index is 0.0473. The quantitative estimate of drug-likeness (QED) is 0.904. The van der Waals surface area contributed by atoms with Gasteiger partial charge in [0.1, 0.15) is 0 Å². The Morgan fingerprint density at radius 3 is 2.71 bits per heavy atom. The molecule has 0 bridgehead atoms. The Morgan fingerprint density at radius 1 is 1.38 bits per heavy atom. The van der Waals surface area contributed by atoms with Crippen molar-refractivity contribution >= 4 is 34.9 Å². The third-order valence-corrected chi connectivity index (χ3v) is 5.24. The second-order valence-corrected chi connectivity index (χ2v) is 7.62. The van der Waals surface area contributed by atoms with E-state index in [1.165, 1.54) is 11.3 Å². The fraction of sp³-hybridized carbons (Fsp3) is 0.438. The van der Waals surface area contributed by atoms with Gasteiger partial charge in [-0.1, -0.05) is 11.6 Å². The minimum atomic E-state index is -0.0473. The van der Waals surface area contributed by atoms with Crippen LogP contribution in [0.2, 0.25) is 4.34 Å². The lowest BCUT2D eigenvalue weighted by atomic mass is 10.1. The van der Waals surface area contributed by atoms with Crippen molar-refractivity contribution in [1.29, 1.82) is 0 Å². The number of nitrogens with zero attached hydrogens (tertiary/aromatic N) is 4. The zero-order valence-corrected chi connectivity index (χ0v) is 15.1. The maximum atomic E-state index is 12.3. The number of thiophene rings is 1. The van der Waals surface area contributed by atoms with Gasteiger partial charge < -0.3 is 15.1 Å². The monoisotopic (exact) mass is 365 g/mol. The number of aromatic nitrogens is 2. The predicted octanol–water partition coefficient (Wildman–Crippen LogP) is 3.00. The van der Waals surface area contributed by atoms with Crippen molar-refractivity contribution in [3.63, 3.8) is 0 Å². The summed E-state index contributed by atoms with van der Waals surface area (Å²) >= 11 is 7.43. The van der Waals surface area contributed by atoms with Gasteiger partial charge in [-0.3, -0.25) is 0 Å². The highest BCUT2D eigenvalue weighted by molar-refractivity contribution is 7.16. The minimum Gasteiger partial charge on any atom is -0.341 e. The molecule has 1 aliphatic rings. The van der Waals surface area contributed by atoms with Crippen LogP contribution in [-0.2, 0) is 6.54 Å². The fourth-order valence-corrected chi connectivity index (χ4v) is 3.85. The van der Waals surface area contributed by atoms with Gasteiger partial charge in [0.15, 0.2) is 0 Å². The molecular weight excluding hydrogens is 346 g/mol. The van der Waals surface area contributed by atoms with E-state index in [2.05, 4.69) is 20.2 Å². The summed E-state index contributed by atoms with van der Waals surface area (Å²) in [6.45, 7) is 2.26. The summed E-state index contributed by atoms with van der Waals surface area (Å²) in [6.07, 6.45) is 5.29. The van der Waals surface area contributed by atoms with Gasteiger partial charge in [-0.25, -0.2) is 14.8 Å². The Kier molecular flexibility index (Phi) is 5.52.